The summed E-state index contributed by atoms with van der Waals surface area (Å²) in [5, 5.41) is 3.48. The van der Waals surface area contributed by atoms with Crippen LogP contribution in [0, 0.1) is 0 Å². The highest BCUT2D eigenvalue weighted by molar-refractivity contribution is 5.96. The summed E-state index contributed by atoms with van der Waals surface area (Å²) in [7, 11) is 0. The number of piperazine rings is 1. The molecule has 1 N–H and O–H groups in total. The molecule has 3 aromatic rings. The molecule has 1 aromatic heterocycles. The minimum atomic E-state index is 0.152. The van der Waals surface area contributed by atoms with Gasteiger partial charge in [-0.15, -0.1) is 0 Å². The highest BCUT2D eigenvalue weighted by Gasteiger charge is 2.52. The Morgan fingerprint density at radius 2 is 1.84 bits per heavy atom. The van der Waals surface area contributed by atoms with E-state index in [1.165, 1.54) is 18.4 Å². The van der Waals surface area contributed by atoms with E-state index in [0.717, 1.165) is 48.4 Å². The molecule has 3 aliphatic heterocycles. The number of aromatic nitrogens is 2. The average molecular weight is 424 g/mol. The molecule has 1 saturated carbocycles. The molecule has 6 nitrogen and oxygen atoms in total. The van der Waals surface area contributed by atoms with Crippen LogP contribution in [0.4, 0.5) is 11.6 Å². The first kappa shape index (κ1) is 18.3. The van der Waals surface area contributed by atoms with Gasteiger partial charge >= 0.3 is 0 Å². The van der Waals surface area contributed by atoms with E-state index in [-0.39, 0.29) is 11.3 Å². The van der Waals surface area contributed by atoms with Crippen LogP contribution in [0.2, 0.25) is 0 Å². The number of likely N-dealkylation sites (tertiary alicyclic amines) is 1. The van der Waals surface area contributed by atoms with Gasteiger partial charge in [0.25, 0.3) is 5.91 Å². The third kappa shape index (κ3) is 2.72. The van der Waals surface area contributed by atoms with Crippen LogP contribution in [0.25, 0.3) is 11.1 Å². The van der Waals surface area contributed by atoms with Gasteiger partial charge in [0.05, 0.1) is 0 Å². The van der Waals surface area contributed by atoms with E-state index < -0.39 is 0 Å². The molecule has 2 bridgehead atoms. The normalized spacial score (nSPS) is 24.2. The van der Waals surface area contributed by atoms with Crippen LogP contribution in [-0.4, -0.2) is 52.5 Å². The van der Waals surface area contributed by atoms with E-state index in [0.29, 0.717) is 18.0 Å². The van der Waals surface area contributed by atoms with Crippen molar-refractivity contribution < 1.29 is 4.79 Å². The van der Waals surface area contributed by atoms with Gasteiger partial charge in [-0.05, 0) is 42.5 Å². The number of amides is 1. The summed E-state index contributed by atoms with van der Waals surface area (Å²) in [5.41, 5.74) is 5.55. The summed E-state index contributed by atoms with van der Waals surface area (Å²) < 4.78 is 0. The van der Waals surface area contributed by atoms with Crippen LogP contribution in [0.3, 0.4) is 0 Å². The van der Waals surface area contributed by atoms with Gasteiger partial charge in [-0.3, -0.25) is 4.79 Å². The maximum Gasteiger partial charge on any atom is 0.254 e. The maximum atomic E-state index is 13.3. The highest BCUT2D eigenvalue weighted by atomic mass is 16.2. The minimum Gasteiger partial charge on any atom is -0.333 e. The van der Waals surface area contributed by atoms with Gasteiger partial charge in [-0.25, -0.2) is 9.97 Å². The fourth-order valence-electron chi connectivity index (χ4n) is 5.78. The number of fused-ring (bicyclic) bond motifs is 4. The molecular formula is C26H25N5O. The zero-order chi connectivity index (χ0) is 21.3. The zero-order valence-corrected chi connectivity index (χ0v) is 17.9. The molecule has 1 amide bonds. The van der Waals surface area contributed by atoms with Crippen LogP contribution in [-0.2, 0) is 5.41 Å². The fourth-order valence-corrected chi connectivity index (χ4v) is 5.78. The number of rotatable bonds is 3. The van der Waals surface area contributed by atoms with Gasteiger partial charge in [0.1, 0.15) is 0 Å². The van der Waals surface area contributed by atoms with Crippen molar-refractivity contribution in [1.82, 2.24) is 20.2 Å². The summed E-state index contributed by atoms with van der Waals surface area (Å²) in [6.45, 7) is 2.62. The molecule has 2 atom stereocenters. The molecule has 2 aromatic carbocycles. The maximum absolute atomic E-state index is 13.3. The lowest BCUT2D eigenvalue weighted by Crippen LogP contribution is -2.46. The smallest absolute Gasteiger partial charge is 0.254 e. The number of benzene rings is 2. The first-order chi connectivity index (χ1) is 15.7. The number of nitrogens with one attached hydrogen (secondary N) is 1. The second-order valence-corrected chi connectivity index (χ2v) is 9.69. The lowest BCUT2D eigenvalue weighted by molar-refractivity contribution is 0.0716. The Balaban J connectivity index is 1.22. The van der Waals surface area contributed by atoms with Crippen LogP contribution < -0.4 is 10.2 Å². The van der Waals surface area contributed by atoms with E-state index in [1.54, 1.807) is 0 Å². The van der Waals surface area contributed by atoms with Crippen LogP contribution >= 0.6 is 0 Å². The van der Waals surface area contributed by atoms with Crippen LogP contribution in [0.5, 0.6) is 0 Å². The largest absolute Gasteiger partial charge is 0.333 e. The predicted octanol–water partition coefficient (Wildman–Crippen LogP) is 3.51. The van der Waals surface area contributed by atoms with Crippen molar-refractivity contribution in [3.05, 3.63) is 72.1 Å². The number of carbonyl (C=O) groups is 1. The lowest BCUT2D eigenvalue weighted by Gasteiger charge is -2.28. The third-order valence-electron chi connectivity index (χ3n) is 7.73. The van der Waals surface area contributed by atoms with E-state index in [1.807, 2.05) is 36.7 Å². The topological polar surface area (TPSA) is 61.4 Å². The van der Waals surface area contributed by atoms with Gasteiger partial charge in [0.2, 0.25) is 5.95 Å². The van der Waals surface area contributed by atoms with Crippen molar-refractivity contribution in [2.24, 2.45) is 0 Å². The second kappa shape index (κ2) is 6.62. The Morgan fingerprint density at radius 3 is 2.53 bits per heavy atom. The molecular weight excluding hydrogens is 398 g/mol. The first-order valence-corrected chi connectivity index (χ1v) is 11.5. The Morgan fingerprint density at radius 1 is 1.03 bits per heavy atom. The van der Waals surface area contributed by atoms with Crippen LogP contribution in [0.1, 0.15) is 35.2 Å². The predicted molar refractivity (Wildman–Crippen MR) is 123 cm³/mol. The number of anilines is 2. The van der Waals surface area contributed by atoms with Gasteiger partial charge < -0.3 is 15.1 Å². The molecule has 1 spiro atoms. The number of hydrogen-bond acceptors (Lipinski definition) is 5. The van der Waals surface area contributed by atoms with Crippen molar-refractivity contribution in [2.75, 3.05) is 24.5 Å². The Bertz CT molecular complexity index is 1200. The lowest BCUT2D eigenvalue weighted by atomic mass is 9.97. The second-order valence-electron chi connectivity index (χ2n) is 9.69. The van der Waals surface area contributed by atoms with E-state index >= 15 is 0 Å². The summed E-state index contributed by atoms with van der Waals surface area (Å²) in [6.07, 6.45) is 7.25. The monoisotopic (exact) mass is 423 g/mol. The van der Waals surface area contributed by atoms with E-state index in [9.17, 15) is 4.79 Å². The number of carbonyl (C=O) groups excluding carboxylic acids is 1. The molecule has 2 saturated heterocycles. The number of nitrogens with zero attached hydrogens (tertiary/aromatic N) is 4. The molecule has 32 heavy (non-hydrogen) atoms. The average Bonchev–Trinajstić information content (AvgIpc) is 3.17. The standard InChI is InChI=1S/C26H25N5O/c32-24(30-15-20-11-21(30)14-27-20)18-6-7-22-23(10-18)31(16-26(22)8-9-26)25-28-12-19(13-29-25)17-4-2-1-3-5-17/h1-7,10,12-13,20-21,27H,8-9,11,14-16H2/t20-,21-/m1/s1. The highest BCUT2D eigenvalue weighted by Crippen LogP contribution is 2.57. The molecule has 1 aliphatic carbocycles. The molecule has 4 heterocycles. The van der Waals surface area contributed by atoms with Gasteiger partial charge in [0.15, 0.2) is 0 Å². The SMILES string of the molecule is O=C(c1ccc2c(c1)N(c1ncc(-c3ccccc3)cn1)CC21CC1)N1C[C@H]2C[C@@H]1CN2. The molecule has 6 heteroatoms. The molecule has 3 fully saturated rings. The van der Waals surface area contributed by atoms with Gasteiger partial charge in [0, 0.05) is 66.3 Å². The molecule has 7 rings (SSSR count). The summed E-state index contributed by atoms with van der Waals surface area (Å²) in [6, 6.07) is 17.3. The fraction of sp³-hybridized carbons (Fsp3) is 0.346. The van der Waals surface area contributed by atoms with Crippen molar-refractivity contribution in [2.45, 2.75) is 36.8 Å². The Labute approximate surface area is 187 Å². The summed E-state index contributed by atoms with van der Waals surface area (Å²) >= 11 is 0. The minimum absolute atomic E-state index is 0.152. The van der Waals surface area contributed by atoms with Crippen molar-refractivity contribution in [3.8, 4) is 11.1 Å². The van der Waals surface area contributed by atoms with Crippen molar-refractivity contribution in [3.63, 3.8) is 0 Å². The van der Waals surface area contributed by atoms with E-state index in [2.05, 4.69) is 39.4 Å². The summed E-state index contributed by atoms with van der Waals surface area (Å²) in [4.78, 5) is 27.0. The molecule has 4 aliphatic rings. The Kier molecular flexibility index (Phi) is 3.80. The first-order valence-electron chi connectivity index (χ1n) is 11.5. The van der Waals surface area contributed by atoms with Gasteiger partial charge in [-0.1, -0.05) is 36.4 Å². The number of hydrogen-bond donors (Lipinski definition) is 1. The Hall–Kier alpha value is -3.25. The van der Waals surface area contributed by atoms with E-state index in [4.69, 9.17) is 9.97 Å². The van der Waals surface area contributed by atoms with Crippen molar-refractivity contribution in [1.29, 1.82) is 0 Å². The summed E-state index contributed by atoms with van der Waals surface area (Å²) in [5.74, 6) is 0.863. The zero-order valence-electron chi connectivity index (χ0n) is 17.9. The van der Waals surface area contributed by atoms with Crippen molar-refractivity contribution >= 4 is 17.5 Å². The van der Waals surface area contributed by atoms with Gasteiger partial charge in [-0.2, -0.15) is 0 Å². The third-order valence-corrected chi connectivity index (χ3v) is 7.73. The van der Waals surface area contributed by atoms with Crippen LogP contribution in [0.15, 0.2) is 60.9 Å². The molecule has 0 radical (unpaired) electrons. The molecule has 0 unspecified atom stereocenters. The quantitative estimate of drug-likeness (QED) is 0.699. The molecule has 160 valence electrons.